The first-order valence-corrected chi connectivity index (χ1v) is 7.07. The summed E-state index contributed by atoms with van der Waals surface area (Å²) in [6.45, 7) is 0.771. The van der Waals surface area contributed by atoms with Crippen molar-refractivity contribution >= 4 is 27.5 Å². The maximum atomic E-state index is 12.6. The number of nitrogens with zero attached hydrogens (tertiary/aromatic N) is 1. The standard InChI is InChI=1S/C14H19BrN2O/c1-16-10-14(8-3-9-14)13(18)17(2)12-6-4-11(15)5-7-12/h4-7,16H,3,8-10H2,1-2H3. The van der Waals surface area contributed by atoms with Crippen LogP contribution >= 0.6 is 15.9 Å². The fraction of sp³-hybridized carbons (Fsp3) is 0.500. The molecule has 1 fully saturated rings. The molecule has 1 amide bonds. The van der Waals surface area contributed by atoms with Crippen LogP contribution in [-0.4, -0.2) is 26.5 Å². The molecule has 3 nitrogen and oxygen atoms in total. The smallest absolute Gasteiger partial charge is 0.234 e. The van der Waals surface area contributed by atoms with E-state index in [1.54, 1.807) is 4.90 Å². The highest BCUT2D eigenvalue weighted by molar-refractivity contribution is 9.10. The Labute approximate surface area is 117 Å². The summed E-state index contributed by atoms with van der Waals surface area (Å²) >= 11 is 3.41. The van der Waals surface area contributed by atoms with Crippen molar-refractivity contribution in [3.63, 3.8) is 0 Å². The molecule has 4 heteroatoms. The molecular weight excluding hydrogens is 292 g/mol. The lowest BCUT2D eigenvalue weighted by Crippen LogP contribution is -2.51. The normalized spacial score (nSPS) is 17.1. The molecular formula is C14H19BrN2O. The third-order valence-electron chi connectivity index (χ3n) is 3.80. The van der Waals surface area contributed by atoms with Crippen molar-refractivity contribution < 1.29 is 4.79 Å². The number of benzene rings is 1. The zero-order valence-corrected chi connectivity index (χ0v) is 12.5. The molecule has 1 N–H and O–H groups in total. The van der Waals surface area contributed by atoms with Crippen molar-refractivity contribution in [3.8, 4) is 0 Å². The molecule has 1 aromatic carbocycles. The van der Waals surface area contributed by atoms with Gasteiger partial charge >= 0.3 is 0 Å². The summed E-state index contributed by atoms with van der Waals surface area (Å²) in [7, 11) is 3.77. The van der Waals surface area contributed by atoms with E-state index < -0.39 is 0 Å². The SMILES string of the molecule is CNCC1(C(=O)N(C)c2ccc(Br)cc2)CCC1. The molecule has 1 saturated carbocycles. The number of rotatable bonds is 4. The average molecular weight is 311 g/mol. The minimum Gasteiger partial charge on any atom is -0.319 e. The van der Waals surface area contributed by atoms with Gasteiger partial charge in [-0.3, -0.25) is 4.79 Å². The first-order chi connectivity index (χ1) is 8.59. The topological polar surface area (TPSA) is 32.3 Å². The van der Waals surface area contributed by atoms with E-state index in [-0.39, 0.29) is 11.3 Å². The average Bonchev–Trinajstić information content (AvgIpc) is 2.33. The summed E-state index contributed by atoms with van der Waals surface area (Å²) in [5.74, 6) is 0.227. The van der Waals surface area contributed by atoms with Gasteiger partial charge in [0.2, 0.25) is 5.91 Å². The van der Waals surface area contributed by atoms with Crippen molar-refractivity contribution in [1.29, 1.82) is 0 Å². The minimum absolute atomic E-state index is 0.184. The maximum absolute atomic E-state index is 12.6. The van der Waals surface area contributed by atoms with Crippen LogP contribution in [0.2, 0.25) is 0 Å². The fourth-order valence-electron chi connectivity index (χ4n) is 2.55. The number of carbonyl (C=O) groups is 1. The van der Waals surface area contributed by atoms with Crippen molar-refractivity contribution in [3.05, 3.63) is 28.7 Å². The van der Waals surface area contributed by atoms with Crippen LogP contribution < -0.4 is 10.2 Å². The van der Waals surface area contributed by atoms with Crippen LogP contribution in [0.5, 0.6) is 0 Å². The van der Waals surface area contributed by atoms with Gasteiger partial charge in [-0.1, -0.05) is 22.4 Å². The van der Waals surface area contributed by atoms with Gasteiger partial charge in [0.15, 0.2) is 0 Å². The van der Waals surface area contributed by atoms with E-state index in [0.29, 0.717) is 0 Å². The maximum Gasteiger partial charge on any atom is 0.234 e. The molecule has 0 bridgehead atoms. The molecule has 2 rings (SSSR count). The van der Waals surface area contributed by atoms with Crippen LogP contribution in [0.1, 0.15) is 19.3 Å². The Hall–Kier alpha value is -0.870. The number of hydrogen-bond acceptors (Lipinski definition) is 2. The Kier molecular flexibility index (Phi) is 4.07. The predicted molar refractivity (Wildman–Crippen MR) is 77.8 cm³/mol. The van der Waals surface area contributed by atoms with Gasteiger partial charge in [-0.15, -0.1) is 0 Å². The monoisotopic (exact) mass is 310 g/mol. The summed E-state index contributed by atoms with van der Waals surface area (Å²) in [6.07, 6.45) is 3.14. The molecule has 0 radical (unpaired) electrons. The van der Waals surface area contributed by atoms with E-state index in [0.717, 1.165) is 36.0 Å². The largest absolute Gasteiger partial charge is 0.319 e. The molecule has 0 saturated heterocycles. The second-order valence-electron chi connectivity index (χ2n) is 5.00. The third-order valence-corrected chi connectivity index (χ3v) is 4.33. The number of halogens is 1. The fourth-order valence-corrected chi connectivity index (χ4v) is 2.81. The summed E-state index contributed by atoms with van der Waals surface area (Å²) < 4.78 is 1.03. The lowest BCUT2D eigenvalue weighted by Gasteiger charge is -2.42. The molecule has 0 spiro atoms. The van der Waals surface area contributed by atoms with Crippen molar-refractivity contribution in [2.75, 3.05) is 25.5 Å². The van der Waals surface area contributed by atoms with Crippen molar-refractivity contribution in [2.45, 2.75) is 19.3 Å². The van der Waals surface area contributed by atoms with E-state index in [1.165, 1.54) is 0 Å². The zero-order valence-electron chi connectivity index (χ0n) is 10.9. The van der Waals surface area contributed by atoms with Crippen LogP contribution in [0.25, 0.3) is 0 Å². The Morgan fingerprint density at radius 3 is 2.44 bits per heavy atom. The highest BCUT2D eigenvalue weighted by atomic mass is 79.9. The van der Waals surface area contributed by atoms with Gasteiger partial charge < -0.3 is 10.2 Å². The number of hydrogen-bond donors (Lipinski definition) is 1. The zero-order chi connectivity index (χ0) is 13.2. The summed E-state index contributed by atoms with van der Waals surface area (Å²) in [6, 6.07) is 7.86. The first kappa shape index (κ1) is 13.6. The Morgan fingerprint density at radius 1 is 1.39 bits per heavy atom. The molecule has 0 heterocycles. The van der Waals surface area contributed by atoms with Crippen LogP contribution in [0.4, 0.5) is 5.69 Å². The Balaban J connectivity index is 2.15. The lowest BCUT2D eigenvalue weighted by molar-refractivity contribution is -0.132. The summed E-state index contributed by atoms with van der Waals surface area (Å²) in [5, 5.41) is 3.15. The van der Waals surface area contributed by atoms with Gasteiger partial charge in [0.25, 0.3) is 0 Å². The van der Waals surface area contributed by atoms with Crippen molar-refractivity contribution in [2.24, 2.45) is 5.41 Å². The molecule has 1 aromatic rings. The molecule has 0 unspecified atom stereocenters. The van der Waals surface area contributed by atoms with Gasteiger partial charge in [-0.05, 0) is 44.2 Å². The van der Waals surface area contributed by atoms with E-state index in [9.17, 15) is 4.79 Å². The van der Waals surface area contributed by atoms with Gasteiger partial charge in [0.05, 0.1) is 5.41 Å². The molecule has 18 heavy (non-hydrogen) atoms. The number of nitrogens with one attached hydrogen (secondary N) is 1. The predicted octanol–water partition coefficient (Wildman–Crippen LogP) is 2.80. The molecule has 0 atom stereocenters. The second kappa shape index (κ2) is 5.41. The summed E-state index contributed by atoms with van der Waals surface area (Å²) in [5.41, 5.74) is 0.766. The first-order valence-electron chi connectivity index (χ1n) is 6.27. The lowest BCUT2D eigenvalue weighted by atomic mass is 9.67. The molecule has 98 valence electrons. The van der Waals surface area contributed by atoms with Gasteiger partial charge in [-0.2, -0.15) is 0 Å². The summed E-state index contributed by atoms with van der Waals surface area (Å²) in [4.78, 5) is 14.4. The second-order valence-corrected chi connectivity index (χ2v) is 5.92. The van der Waals surface area contributed by atoms with Gasteiger partial charge in [0.1, 0.15) is 0 Å². The Bertz CT molecular complexity index is 426. The van der Waals surface area contributed by atoms with E-state index >= 15 is 0 Å². The third kappa shape index (κ3) is 2.45. The van der Waals surface area contributed by atoms with E-state index in [1.807, 2.05) is 38.4 Å². The van der Waals surface area contributed by atoms with Crippen molar-refractivity contribution in [1.82, 2.24) is 5.32 Å². The number of amides is 1. The van der Waals surface area contributed by atoms with Crippen LogP contribution in [0, 0.1) is 5.41 Å². The van der Waals surface area contributed by atoms with E-state index in [2.05, 4.69) is 21.2 Å². The molecule has 1 aliphatic rings. The highest BCUT2D eigenvalue weighted by Gasteiger charge is 2.45. The molecule has 0 aliphatic heterocycles. The van der Waals surface area contributed by atoms with E-state index in [4.69, 9.17) is 0 Å². The number of anilines is 1. The van der Waals surface area contributed by atoms with Crippen LogP contribution in [0.3, 0.4) is 0 Å². The molecule has 0 aromatic heterocycles. The quantitative estimate of drug-likeness (QED) is 0.927. The molecule has 1 aliphatic carbocycles. The highest BCUT2D eigenvalue weighted by Crippen LogP contribution is 2.42. The Morgan fingerprint density at radius 2 is 2.00 bits per heavy atom. The minimum atomic E-state index is -0.184. The van der Waals surface area contributed by atoms with Crippen LogP contribution in [0.15, 0.2) is 28.7 Å². The van der Waals surface area contributed by atoms with Gasteiger partial charge in [0, 0.05) is 23.8 Å². The number of carbonyl (C=O) groups excluding carboxylic acids is 1. The van der Waals surface area contributed by atoms with Crippen LogP contribution in [-0.2, 0) is 4.79 Å². The van der Waals surface area contributed by atoms with Gasteiger partial charge in [-0.25, -0.2) is 0 Å².